The molecule has 66 valence electrons. The summed E-state index contributed by atoms with van der Waals surface area (Å²) in [6.07, 6.45) is 11.1. The van der Waals surface area contributed by atoms with Gasteiger partial charge in [-0.05, 0) is 11.0 Å². The minimum absolute atomic E-state index is 0. The molecule has 0 N–H and O–H groups in total. The first kappa shape index (κ1) is 9.52. The Labute approximate surface area is 77.0 Å². The smallest absolute Gasteiger partial charge is 0.0264 e. The first-order chi connectivity index (χ1) is 4.95. The molecule has 0 amide bonds. The van der Waals surface area contributed by atoms with Crippen molar-refractivity contribution >= 4 is 20.5 Å². The van der Waals surface area contributed by atoms with Crippen LogP contribution in [-0.4, -0.2) is 20.5 Å². The maximum absolute atomic E-state index is 1.61. The van der Waals surface area contributed by atoms with Gasteiger partial charge < -0.3 is 0 Å². The van der Waals surface area contributed by atoms with Crippen LogP contribution in [0.1, 0.15) is 44.9 Å². The van der Waals surface area contributed by atoms with E-state index in [-0.39, 0.29) is 11.0 Å². The van der Waals surface area contributed by atoms with Crippen LogP contribution in [0.3, 0.4) is 0 Å². The Morgan fingerprint density at radius 1 is 0.727 bits per heavy atom. The lowest BCUT2D eigenvalue weighted by Gasteiger charge is -2.27. The van der Waals surface area contributed by atoms with Crippen LogP contribution in [0.5, 0.6) is 0 Å². The van der Waals surface area contributed by atoms with E-state index in [0.29, 0.717) is 9.52 Å². The third kappa shape index (κ3) is 2.44. The highest BCUT2D eigenvalue weighted by Gasteiger charge is 2.24. The summed E-state index contributed by atoms with van der Waals surface area (Å²) in [5.41, 5.74) is 2.58. The molecule has 2 aliphatic rings. The van der Waals surface area contributed by atoms with Gasteiger partial charge in [-0.1, -0.05) is 56.0 Å². The van der Waals surface area contributed by atoms with E-state index in [0.717, 1.165) is 0 Å². The van der Waals surface area contributed by atoms with Crippen LogP contribution >= 0.6 is 0 Å². The van der Waals surface area contributed by atoms with Gasteiger partial charge in [-0.15, -0.1) is 0 Å². The standard InChI is InChI=1S/C9H18Si.H4Si/c1-2-5-8(4-1)10-9-6-3-7-9;/h8-9H,1-7,10H2;1H4. The fourth-order valence-corrected chi connectivity index (χ4v) is 5.49. The molecule has 2 aliphatic carbocycles. The van der Waals surface area contributed by atoms with Gasteiger partial charge in [0.05, 0.1) is 0 Å². The second-order valence-electron chi connectivity index (χ2n) is 4.18. The topological polar surface area (TPSA) is 0 Å². The largest absolute Gasteiger partial charge is 0.0534 e. The molecule has 0 spiro atoms. The maximum atomic E-state index is 1.61. The summed E-state index contributed by atoms with van der Waals surface area (Å²) in [6, 6.07) is 0. The molecule has 0 aromatic heterocycles. The lowest BCUT2D eigenvalue weighted by Crippen LogP contribution is -2.15. The summed E-state index contributed by atoms with van der Waals surface area (Å²) in [4.78, 5) is 0. The van der Waals surface area contributed by atoms with E-state index in [4.69, 9.17) is 0 Å². The average molecular weight is 186 g/mol. The molecule has 0 heterocycles. The zero-order valence-electron chi connectivity index (χ0n) is 6.81. The van der Waals surface area contributed by atoms with Crippen molar-refractivity contribution in [2.24, 2.45) is 0 Å². The van der Waals surface area contributed by atoms with Crippen LogP contribution in [0.4, 0.5) is 0 Å². The highest BCUT2D eigenvalue weighted by Crippen LogP contribution is 2.39. The molecule has 0 atom stereocenters. The van der Waals surface area contributed by atoms with Crippen LogP contribution in [0.25, 0.3) is 0 Å². The van der Waals surface area contributed by atoms with Crippen molar-refractivity contribution in [3.63, 3.8) is 0 Å². The fourth-order valence-electron chi connectivity index (χ4n) is 2.45. The first-order valence-electron chi connectivity index (χ1n) is 4.95. The molecule has 0 aliphatic heterocycles. The Kier molecular flexibility index (Phi) is 3.86. The normalized spacial score (nSPS) is 27.3. The van der Waals surface area contributed by atoms with E-state index in [2.05, 4.69) is 0 Å². The summed E-state index contributed by atoms with van der Waals surface area (Å²) < 4.78 is 0. The van der Waals surface area contributed by atoms with Gasteiger partial charge in [-0.3, -0.25) is 0 Å². The van der Waals surface area contributed by atoms with Crippen LogP contribution < -0.4 is 0 Å². The van der Waals surface area contributed by atoms with Crippen molar-refractivity contribution in [2.45, 2.75) is 56.0 Å². The van der Waals surface area contributed by atoms with E-state index in [1.54, 1.807) is 44.9 Å². The molecule has 2 saturated carbocycles. The maximum Gasteiger partial charge on any atom is 0.0264 e. The zero-order chi connectivity index (χ0) is 6.81. The Morgan fingerprint density at radius 2 is 1.18 bits per heavy atom. The predicted octanol–water partition coefficient (Wildman–Crippen LogP) is 1.04. The number of rotatable bonds is 2. The average Bonchev–Trinajstić information content (AvgIpc) is 2.29. The molecular formula is C9H22Si2. The van der Waals surface area contributed by atoms with Gasteiger partial charge in [-0.2, -0.15) is 0 Å². The molecule has 2 fully saturated rings. The lowest BCUT2D eigenvalue weighted by atomic mass is 10.00. The van der Waals surface area contributed by atoms with Crippen LogP contribution in [0, 0.1) is 0 Å². The molecule has 0 radical (unpaired) electrons. The highest BCUT2D eigenvalue weighted by atomic mass is 28.2. The summed E-state index contributed by atoms with van der Waals surface area (Å²) in [5.74, 6) is 0. The second-order valence-corrected chi connectivity index (χ2v) is 6.96. The van der Waals surface area contributed by atoms with Crippen LogP contribution in [0.2, 0.25) is 11.1 Å². The predicted molar refractivity (Wildman–Crippen MR) is 59.7 cm³/mol. The molecule has 11 heavy (non-hydrogen) atoms. The molecule has 0 bridgehead atoms. The SMILES string of the molecule is C1CCC([SiH2]C2CCC2)C1.[SiH4]. The van der Waals surface area contributed by atoms with Crippen molar-refractivity contribution in [2.75, 3.05) is 0 Å². The van der Waals surface area contributed by atoms with Crippen molar-refractivity contribution in [3.8, 4) is 0 Å². The number of hydrogen-bond donors (Lipinski definition) is 0. The minimum Gasteiger partial charge on any atom is -0.0534 e. The molecule has 0 saturated heterocycles. The second kappa shape index (κ2) is 4.46. The van der Waals surface area contributed by atoms with Gasteiger partial charge in [0.15, 0.2) is 0 Å². The van der Waals surface area contributed by atoms with Crippen LogP contribution in [-0.2, 0) is 0 Å². The molecule has 2 rings (SSSR count). The van der Waals surface area contributed by atoms with Crippen molar-refractivity contribution in [3.05, 3.63) is 0 Å². The molecule has 2 heteroatoms. The summed E-state index contributed by atoms with van der Waals surface area (Å²) in [5, 5.41) is 0. The monoisotopic (exact) mass is 186 g/mol. The minimum atomic E-state index is 0. The van der Waals surface area contributed by atoms with Gasteiger partial charge >= 0.3 is 0 Å². The van der Waals surface area contributed by atoms with E-state index in [9.17, 15) is 0 Å². The zero-order valence-corrected chi connectivity index (χ0v) is 8.23. The van der Waals surface area contributed by atoms with Gasteiger partial charge in [0.25, 0.3) is 0 Å². The first-order valence-corrected chi connectivity index (χ1v) is 6.58. The third-order valence-corrected chi connectivity index (χ3v) is 6.33. The van der Waals surface area contributed by atoms with Crippen molar-refractivity contribution in [1.29, 1.82) is 0 Å². The Morgan fingerprint density at radius 3 is 1.55 bits per heavy atom. The fraction of sp³-hybridized carbons (Fsp3) is 1.00. The van der Waals surface area contributed by atoms with E-state index >= 15 is 0 Å². The third-order valence-electron chi connectivity index (χ3n) is 3.37. The van der Waals surface area contributed by atoms with E-state index in [1.807, 2.05) is 0 Å². The molecule has 0 aromatic carbocycles. The lowest BCUT2D eigenvalue weighted by molar-refractivity contribution is 0.493. The Bertz CT molecular complexity index is 104. The summed E-state index contributed by atoms with van der Waals surface area (Å²) >= 11 is 0. The Hall–Kier alpha value is 0.434. The van der Waals surface area contributed by atoms with E-state index < -0.39 is 0 Å². The van der Waals surface area contributed by atoms with Gasteiger partial charge in [-0.25, -0.2) is 0 Å². The van der Waals surface area contributed by atoms with Crippen LogP contribution in [0.15, 0.2) is 0 Å². The van der Waals surface area contributed by atoms with E-state index in [1.165, 1.54) is 11.1 Å². The molecule has 0 unspecified atom stereocenters. The molecule has 0 aromatic rings. The van der Waals surface area contributed by atoms with Gasteiger partial charge in [0.2, 0.25) is 0 Å². The quantitative estimate of drug-likeness (QED) is 0.565. The van der Waals surface area contributed by atoms with Crippen molar-refractivity contribution in [1.82, 2.24) is 0 Å². The number of hydrogen-bond acceptors (Lipinski definition) is 0. The summed E-state index contributed by atoms with van der Waals surface area (Å²) in [7, 11) is 0.399. The Balaban J connectivity index is 0.000000605. The van der Waals surface area contributed by atoms with Gasteiger partial charge in [0.1, 0.15) is 0 Å². The summed E-state index contributed by atoms with van der Waals surface area (Å²) in [6.45, 7) is 0. The molecular weight excluding hydrogens is 164 g/mol. The van der Waals surface area contributed by atoms with Crippen molar-refractivity contribution < 1.29 is 0 Å². The highest BCUT2D eigenvalue weighted by molar-refractivity contribution is 6.40. The van der Waals surface area contributed by atoms with Gasteiger partial charge in [0, 0.05) is 9.52 Å². The molecule has 0 nitrogen and oxygen atoms in total.